The van der Waals surface area contributed by atoms with Crippen LogP contribution in [0.3, 0.4) is 0 Å². The Bertz CT molecular complexity index is 1300. The molecule has 0 aliphatic heterocycles. The molecule has 2 heterocycles. The minimum atomic E-state index is -0.483. The van der Waals surface area contributed by atoms with E-state index in [1.54, 1.807) is 41.8 Å². The molecular formula is C24H18O7S. The van der Waals surface area contributed by atoms with Gasteiger partial charge in [-0.1, -0.05) is 13.0 Å². The Balaban J connectivity index is 1.50. The van der Waals surface area contributed by atoms with Gasteiger partial charge in [0, 0.05) is 6.07 Å². The van der Waals surface area contributed by atoms with Gasteiger partial charge in [-0.05, 0) is 54.3 Å². The highest BCUT2D eigenvalue weighted by Crippen LogP contribution is 2.25. The topological polar surface area (TPSA) is 92.0 Å². The first-order chi connectivity index (χ1) is 15.5. The predicted octanol–water partition coefficient (Wildman–Crippen LogP) is 5.43. The number of thiophene rings is 1. The summed E-state index contributed by atoms with van der Waals surface area (Å²) in [7, 11) is 0. The van der Waals surface area contributed by atoms with Crippen LogP contribution < -0.4 is 14.9 Å². The molecular weight excluding hydrogens is 432 g/mol. The summed E-state index contributed by atoms with van der Waals surface area (Å²) in [5, 5.41) is 2.06. The van der Waals surface area contributed by atoms with Gasteiger partial charge in [0.2, 0.25) is 11.2 Å². The lowest BCUT2D eigenvalue weighted by atomic mass is 10.2. The molecule has 0 atom stereocenters. The normalized spacial score (nSPS) is 10.7. The van der Waals surface area contributed by atoms with Gasteiger partial charge >= 0.3 is 11.9 Å². The fourth-order valence-corrected chi connectivity index (χ4v) is 3.44. The van der Waals surface area contributed by atoms with E-state index in [9.17, 15) is 14.4 Å². The number of rotatable bonds is 7. The lowest BCUT2D eigenvalue weighted by Crippen LogP contribution is -2.08. The van der Waals surface area contributed by atoms with Gasteiger partial charge < -0.3 is 18.6 Å². The summed E-state index contributed by atoms with van der Waals surface area (Å²) in [6, 6.07) is 14.2. The number of fused-ring (bicyclic) bond motifs is 1. The molecule has 0 aliphatic carbocycles. The summed E-state index contributed by atoms with van der Waals surface area (Å²) < 4.78 is 21.6. The number of carbonyl (C=O) groups is 2. The minimum Gasteiger partial charge on any atom is -0.462 e. The molecule has 0 radical (unpaired) electrons. The van der Waals surface area contributed by atoms with Gasteiger partial charge in [0.05, 0.1) is 17.6 Å². The van der Waals surface area contributed by atoms with E-state index in [1.807, 2.05) is 6.92 Å². The van der Waals surface area contributed by atoms with Crippen molar-refractivity contribution >= 4 is 34.2 Å². The van der Waals surface area contributed by atoms with Crippen molar-refractivity contribution < 1.29 is 28.2 Å². The van der Waals surface area contributed by atoms with Crippen molar-refractivity contribution in [3.05, 3.63) is 86.9 Å². The van der Waals surface area contributed by atoms with E-state index in [2.05, 4.69) is 0 Å². The zero-order chi connectivity index (χ0) is 22.5. The van der Waals surface area contributed by atoms with Crippen molar-refractivity contribution in [2.24, 2.45) is 0 Å². The molecule has 7 nitrogen and oxygen atoms in total. The maximum absolute atomic E-state index is 12.8. The number of ether oxygens (including phenoxy) is 3. The third-order valence-corrected chi connectivity index (χ3v) is 5.25. The Labute approximate surface area is 186 Å². The van der Waals surface area contributed by atoms with E-state index in [4.69, 9.17) is 18.6 Å². The molecule has 8 heteroatoms. The van der Waals surface area contributed by atoms with E-state index in [0.29, 0.717) is 22.8 Å². The van der Waals surface area contributed by atoms with Crippen LogP contribution in [0.25, 0.3) is 11.0 Å². The number of esters is 2. The molecule has 0 fully saturated rings. The Morgan fingerprint density at radius 1 is 1.00 bits per heavy atom. The molecule has 0 saturated heterocycles. The van der Waals surface area contributed by atoms with Gasteiger partial charge in [-0.25, -0.2) is 9.59 Å². The smallest absolute Gasteiger partial charge is 0.353 e. The summed E-state index contributed by atoms with van der Waals surface area (Å²) in [6.07, 6.45) is 1.93. The van der Waals surface area contributed by atoms with Gasteiger partial charge in [0.1, 0.15) is 28.2 Å². The molecule has 0 aliphatic rings. The van der Waals surface area contributed by atoms with Gasteiger partial charge in [-0.3, -0.25) is 4.79 Å². The zero-order valence-electron chi connectivity index (χ0n) is 17.0. The van der Waals surface area contributed by atoms with E-state index in [0.717, 1.165) is 6.42 Å². The second-order valence-electron chi connectivity index (χ2n) is 6.72. The van der Waals surface area contributed by atoms with E-state index in [1.165, 1.54) is 35.8 Å². The maximum Gasteiger partial charge on any atom is 0.353 e. The first-order valence-electron chi connectivity index (χ1n) is 9.81. The van der Waals surface area contributed by atoms with Crippen LogP contribution in [0.5, 0.6) is 17.2 Å². The number of carbonyl (C=O) groups excluding carboxylic acids is 2. The number of hydrogen-bond donors (Lipinski definition) is 0. The van der Waals surface area contributed by atoms with E-state index >= 15 is 0 Å². The van der Waals surface area contributed by atoms with Crippen molar-refractivity contribution in [2.45, 2.75) is 13.3 Å². The molecule has 4 rings (SSSR count). The van der Waals surface area contributed by atoms with Crippen LogP contribution in [0, 0.1) is 0 Å². The van der Waals surface area contributed by atoms with E-state index < -0.39 is 11.9 Å². The average molecular weight is 450 g/mol. The van der Waals surface area contributed by atoms with Crippen LogP contribution in [0.1, 0.15) is 33.4 Å². The Kier molecular flexibility index (Phi) is 6.32. The first kappa shape index (κ1) is 21.3. The standard InChI is InChI=1S/C24H18O7S/c1-2-11-28-23(26)15-5-7-16(8-6-15)30-20-14-29-19-13-17(9-10-18(19)22(20)25)31-24(27)21-4-3-12-32-21/h3-10,12-14H,2,11H2,1H3. The highest BCUT2D eigenvalue weighted by molar-refractivity contribution is 7.12. The summed E-state index contributed by atoms with van der Waals surface area (Å²) in [5.41, 5.74) is 0.266. The largest absolute Gasteiger partial charge is 0.462 e. The summed E-state index contributed by atoms with van der Waals surface area (Å²) >= 11 is 1.27. The third kappa shape index (κ3) is 4.70. The van der Waals surface area contributed by atoms with Crippen LogP contribution in [-0.4, -0.2) is 18.5 Å². The van der Waals surface area contributed by atoms with Gasteiger partial charge in [0.15, 0.2) is 0 Å². The molecule has 0 unspecified atom stereocenters. The van der Waals surface area contributed by atoms with Crippen LogP contribution in [0.4, 0.5) is 0 Å². The monoisotopic (exact) mass is 450 g/mol. The SMILES string of the molecule is CCCOC(=O)c1ccc(Oc2coc3cc(OC(=O)c4cccs4)ccc3c2=O)cc1. The highest BCUT2D eigenvalue weighted by atomic mass is 32.1. The molecule has 4 aromatic rings. The predicted molar refractivity (Wildman–Crippen MR) is 119 cm³/mol. The maximum atomic E-state index is 12.8. The van der Waals surface area contributed by atoms with Crippen LogP contribution in [0.15, 0.2) is 75.5 Å². The van der Waals surface area contributed by atoms with Crippen LogP contribution in [-0.2, 0) is 4.74 Å². The summed E-state index contributed by atoms with van der Waals surface area (Å²) in [4.78, 5) is 37.2. The van der Waals surface area contributed by atoms with Gasteiger partial charge in [-0.15, -0.1) is 11.3 Å². The Hall–Kier alpha value is -3.91. The van der Waals surface area contributed by atoms with E-state index in [-0.39, 0.29) is 27.9 Å². The lowest BCUT2D eigenvalue weighted by molar-refractivity contribution is 0.0504. The molecule has 0 bridgehead atoms. The highest BCUT2D eigenvalue weighted by Gasteiger charge is 2.14. The van der Waals surface area contributed by atoms with Gasteiger partial charge in [0.25, 0.3) is 0 Å². The van der Waals surface area contributed by atoms with Crippen molar-refractivity contribution in [1.29, 1.82) is 0 Å². The zero-order valence-corrected chi connectivity index (χ0v) is 17.8. The molecule has 2 aromatic heterocycles. The van der Waals surface area contributed by atoms with Crippen molar-refractivity contribution in [1.82, 2.24) is 0 Å². The van der Waals surface area contributed by atoms with Gasteiger partial charge in [-0.2, -0.15) is 0 Å². The molecule has 0 amide bonds. The third-order valence-electron chi connectivity index (χ3n) is 4.40. The Morgan fingerprint density at radius 3 is 2.50 bits per heavy atom. The second kappa shape index (κ2) is 9.49. The summed E-state index contributed by atoms with van der Waals surface area (Å²) in [6.45, 7) is 2.27. The van der Waals surface area contributed by atoms with Crippen LogP contribution >= 0.6 is 11.3 Å². The fourth-order valence-electron chi connectivity index (χ4n) is 2.84. The van der Waals surface area contributed by atoms with Crippen molar-refractivity contribution in [2.75, 3.05) is 6.61 Å². The molecule has 0 N–H and O–H groups in total. The minimum absolute atomic E-state index is 0.0119. The van der Waals surface area contributed by atoms with Crippen LogP contribution in [0.2, 0.25) is 0 Å². The first-order valence-corrected chi connectivity index (χ1v) is 10.7. The molecule has 0 saturated carbocycles. The average Bonchev–Trinajstić information content (AvgIpc) is 3.35. The molecule has 0 spiro atoms. The number of hydrogen-bond acceptors (Lipinski definition) is 8. The summed E-state index contributed by atoms with van der Waals surface area (Å²) in [5.74, 6) is -0.284. The second-order valence-corrected chi connectivity index (χ2v) is 7.66. The van der Waals surface area contributed by atoms with Crippen molar-refractivity contribution in [3.63, 3.8) is 0 Å². The number of benzene rings is 2. The lowest BCUT2D eigenvalue weighted by Gasteiger charge is -2.08. The Morgan fingerprint density at radius 2 is 1.78 bits per heavy atom. The molecule has 2 aromatic carbocycles. The molecule has 32 heavy (non-hydrogen) atoms. The fraction of sp³-hybridized carbons (Fsp3) is 0.125. The quantitative estimate of drug-likeness (QED) is 0.274. The molecule has 162 valence electrons. The van der Waals surface area contributed by atoms with Crippen molar-refractivity contribution in [3.8, 4) is 17.2 Å².